The number of hydrogen-bond donors (Lipinski definition) is 7. The Labute approximate surface area is 176 Å². The highest BCUT2D eigenvalue weighted by Gasteiger charge is 2.45. The number of aromatic hydroxyl groups is 3. The van der Waals surface area contributed by atoms with Crippen LogP contribution in [0.2, 0.25) is 0 Å². The van der Waals surface area contributed by atoms with Crippen LogP contribution in [0.4, 0.5) is 0 Å². The molecule has 1 saturated heterocycles. The number of phenols is 3. The SMILES string of the molecule is OC[C@H]1O[C@@H](OC2=Cc3c(O)cc(O)cc3OC2c2ccc(O)cc2)[C@H](O)[C@@H](O)[C@@H]1O. The molecule has 10 heteroatoms. The number of hydrogen-bond acceptors (Lipinski definition) is 10. The van der Waals surface area contributed by atoms with Crippen LogP contribution in [-0.2, 0) is 9.47 Å². The van der Waals surface area contributed by atoms with Crippen LogP contribution < -0.4 is 4.74 Å². The lowest BCUT2D eigenvalue weighted by molar-refractivity contribution is -0.293. The second-order valence-corrected chi connectivity index (χ2v) is 7.33. The van der Waals surface area contributed by atoms with Crippen molar-refractivity contribution in [1.82, 2.24) is 0 Å². The van der Waals surface area contributed by atoms with Gasteiger partial charge in [0.05, 0.1) is 12.2 Å². The monoisotopic (exact) mass is 434 g/mol. The minimum absolute atomic E-state index is 0.0237. The number of ether oxygens (including phenoxy) is 3. The zero-order valence-electron chi connectivity index (χ0n) is 16.1. The first-order valence-electron chi connectivity index (χ1n) is 9.49. The van der Waals surface area contributed by atoms with Crippen LogP contribution in [0.5, 0.6) is 23.0 Å². The van der Waals surface area contributed by atoms with Crippen LogP contribution in [-0.4, -0.2) is 73.1 Å². The number of benzene rings is 2. The number of phenolic OH excluding ortho intramolecular Hbond substituents is 3. The topological polar surface area (TPSA) is 169 Å². The van der Waals surface area contributed by atoms with Gasteiger partial charge in [-0.15, -0.1) is 0 Å². The molecule has 2 heterocycles. The smallest absolute Gasteiger partial charge is 0.228 e. The summed E-state index contributed by atoms with van der Waals surface area (Å²) in [5, 5.41) is 69.2. The maximum atomic E-state index is 10.3. The lowest BCUT2D eigenvalue weighted by Crippen LogP contribution is -2.59. The van der Waals surface area contributed by atoms with Gasteiger partial charge in [-0.3, -0.25) is 0 Å². The van der Waals surface area contributed by atoms with E-state index in [4.69, 9.17) is 14.2 Å². The Morgan fingerprint density at radius 1 is 0.871 bits per heavy atom. The van der Waals surface area contributed by atoms with Crippen molar-refractivity contribution in [2.45, 2.75) is 36.8 Å². The predicted octanol–water partition coefficient (Wildman–Crippen LogP) is 0.0945. The zero-order valence-corrected chi connectivity index (χ0v) is 16.1. The second-order valence-electron chi connectivity index (χ2n) is 7.33. The Bertz CT molecular complexity index is 971. The van der Waals surface area contributed by atoms with E-state index in [2.05, 4.69) is 0 Å². The molecule has 2 aliphatic rings. The summed E-state index contributed by atoms with van der Waals surface area (Å²) in [4.78, 5) is 0. The maximum Gasteiger partial charge on any atom is 0.228 e. The minimum atomic E-state index is -1.64. The third kappa shape index (κ3) is 3.99. The van der Waals surface area contributed by atoms with E-state index in [1.165, 1.54) is 24.3 Å². The fraction of sp³-hybridized carbons (Fsp3) is 0.333. The summed E-state index contributed by atoms with van der Waals surface area (Å²) in [6, 6.07) is 8.42. The van der Waals surface area contributed by atoms with Gasteiger partial charge in [-0.05, 0) is 18.2 Å². The third-order valence-corrected chi connectivity index (χ3v) is 5.19. The molecule has 1 unspecified atom stereocenters. The van der Waals surface area contributed by atoms with Gasteiger partial charge in [0.1, 0.15) is 53.2 Å². The van der Waals surface area contributed by atoms with E-state index in [-0.39, 0.29) is 34.3 Å². The van der Waals surface area contributed by atoms with E-state index in [1.807, 2.05) is 0 Å². The lowest BCUT2D eigenvalue weighted by Gasteiger charge is -2.41. The molecule has 4 rings (SSSR count). The van der Waals surface area contributed by atoms with Crippen LogP contribution in [0.1, 0.15) is 17.2 Å². The molecule has 7 N–H and O–H groups in total. The zero-order chi connectivity index (χ0) is 22.3. The summed E-state index contributed by atoms with van der Waals surface area (Å²) in [6.07, 6.45) is -6.96. The second kappa shape index (κ2) is 8.25. The molecule has 31 heavy (non-hydrogen) atoms. The van der Waals surface area contributed by atoms with E-state index in [1.54, 1.807) is 12.1 Å². The summed E-state index contributed by atoms with van der Waals surface area (Å²) in [6.45, 7) is -0.620. The Morgan fingerprint density at radius 3 is 2.26 bits per heavy atom. The molecule has 0 bridgehead atoms. The molecule has 0 radical (unpaired) electrons. The van der Waals surface area contributed by atoms with E-state index in [9.17, 15) is 35.7 Å². The van der Waals surface area contributed by atoms with Gasteiger partial charge in [-0.1, -0.05) is 12.1 Å². The average Bonchev–Trinajstić information content (AvgIpc) is 2.74. The van der Waals surface area contributed by atoms with E-state index < -0.39 is 43.4 Å². The van der Waals surface area contributed by atoms with Gasteiger partial charge in [-0.25, -0.2) is 0 Å². The quantitative estimate of drug-likeness (QED) is 0.350. The first-order chi connectivity index (χ1) is 14.8. The van der Waals surface area contributed by atoms with Gasteiger partial charge in [0.2, 0.25) is 6.29 Å². The van der Waals surface area contributed by atoms with E-state index in [0.29, 0.717) is 5.56 Å². The van der Waals surface area contributed by atoms with Crippen LogP contribution in [0, 0.1) is 0 Å². The molecule has 10 nitrogen and oxygen atoms in total. The summed E-state index contributed by atoms with van der Waals surface area (Å²) in [5.41, 5.74) is 0.731. The minimum Gasteiger partial charge on any atom is -0.508 e. The van der Waals surface area contributed by atoms with Crippen LogP contribution in [0.15, 0.2) is 42.2 Å². The van der Waals surface area contributed by atoms with Crippen molar-refractivity contribution >= 4 is 6.08 Å². The largest absolute Gasteiger partial charge is 0.508 e. The third-order valence-electron chi connectivity index (χ3n) is 5.19. The molecule has 6 atom stereocenters. The van der Waals surface area contributed by atoms with Crippen LogP contribution in [0.3, 0.4) is 0 Å². The standard InChI is InChI=1S/C21H22O10/c22-8-16-17(26)18(27)19(28)21(31-16)30-15-7-12-13(25)5-11(24)6-14(12)29-20(15)9-1-3-10(23)4-2-9/h1-7,16-28H,8H2/t16-,17-,18+,19-,20?,21-/m1/s1. The fourth-order valence-electron chi connectivity index (χ4n) is 3.52. The van der Waals surface area contributed by atoms with Crippen molar-refractivity contribution in [2.24, 2.45) is 0 Å². The molecule has 0 spiro atoms. The van der Waals surface area contributed by atoms with Crippen molar-refractivity contribution < 1.29 is 50.0 Å². The summed E-state index contributed by atoms with van der Waals surface area (Å²) < 4.78 is 17.1. The Hall–Kier alpha value is -3.02. The molecule has 0 amide bonds. The van der Waals surface area contributed by atoms with Gasteiger partial charge < -0.3 is 50.0 Å². The first-order valence-corrected chi connectivity index (χ1v) is 9.49. The fourth-order valence-corrected chi connectivity index (χ4v) is 3.52. The molecule has 0 aromatic heterocycles. The van der Waals surface area contributed by atoms with Crippen molar-refractivity contribution in [3.05, 3.63) is 53.3 Å². The van der Waals surface area contributed by atoms with Crippen molar-refractivity contribution in [1.29, 1.82) is 0 Å². The molecule has 0 saturated carbocycles. The number of aliphatic hydroxyl groups excluding tert-OH is 4. The summed E-state index contributed by atoms with van der Waals surface area (Å²) in [7, 11) is 0. The van der Waals surface area contributed by atoms with Crippen LogP contribution >= 0.6 is 0 Å². The molecule has 1 fully saturated rings. The predicted molar refractivity (Wildman–Crippen MR) is 104 cm³/mol. The van der Waals surface area contributed by atoms with Gasteiger partial charge in [0, 0.05) is 17.7 Å². The Kier molecular flexibility index (Phi) is 5.65. The molecule has 2 aromatic carbocycles. The van der Waals surface area contributed by atoms with Crippen molar-refractivity contribution in [3.8, 4) is 23.0 Å². The van der Waals surface area contributed by atoms with Gasteiger partial charge in [-0.2, -0.15) is 0 Å². The highest BCUT2D eigenvalue weighted by atomic mass is 16.7. The molecular weight excluding hydrogens is 412 g/mol. The number of fused-ring (bicyclic) bond motifs is 1. The molecule has 166 valence electrons. The maximum absolute atomic E-state index is 10.3. The molecule has 2 aromatic rings. The van der Waals surface area contributed by atoms with Crippen LogP contribution in [0.25, 0.3) is 6.08 Å². The lowest BCUT2D eigenvalue weighted by atomic mass is 9.98. The first kappa shape index (κ1) is 21.2. The molecular formula is C21H22O10. The number of aliphatic hydroxyl groups is 4. The van der Waals surface area contributed by atoms with Gasteiger partial charge >= 0.3 is 0 Å². The van der Waals surface area contributed by atoms with Gasteiger partial charge in [0.25, 0.3) is 0 Å². The molecule has 2 aliphatic heterocycles. The Balaban J connectivity index is 1.72. The number of rotatable bonds is 4. The summed E-state index contributed by atoms with van der Waals surface area (Å²) in [5.74, 6) is -0.239. The van der Waals surface area contributed by atoms with Crippen molar-refractivity contribution in [2.75, 3.05) is 6.61 Å². The Morgan fingerprint density at radius 2 is 1.58 bits per heavy atom. The summed E-state index contributed by atoms with van der Waals surface area (Å²) >= 11 is 0. The average molecular weight is 434 g/mol. The van der Waals surface area contributed by atoms with Gasteiger partial charge in [0.15, 0.2) is 6.10 Å². The van der Waals surface area contributed by atoms with Crippen molar-refractivity contribution in [3.63, 3.8) is 0 Å². The van der Waals surface area contributed by atoms with E-state index in [0.717, 1.165) is 6.07 Å². The molecule has 0 aliphatic carbocycles. The highest BCUT2D eigenvalue weighted by Crippen LogP contribution is 2.44. The van der Waals surface area contributed by atoms with E-state index >= 15 is 0 Å². The highest BCUT2D eigenvalue weighted by molar-refractivity contribution is 5.69. The normalized spacial score (nSPS) is 30.1.